The van der Waals surface area contributed by atoms with E-state index in [1.807, 2.05) is 24.3 Å². The minimum atomic E-state index is -0.661. The van der Waals surface area contributed by atoms with Crippen molar-refractivity contribution < 1.29 is 38.1 Å². The van der Waals surface area contributed by atoms with Crippen LogP contribution in [0, 0.1) is 0 Å². The molecule has 10 heteroatoms. The third-order valence-corrected chi connectivity index (χ3v) is 4.81. The number of anilines is 2. The van der Waals surface area contributed by atoms with Crippen molar-refractivity contribution in [1.82, 2.24) is 0 Å². The average Bonchev–Trinajstić information content (AvgIpc) is 2.87. The monoisotopic (exact) mass is 524 g/mol. The van der Waals surface area contributed by atoms with Crippen LogP contribution in [-0.2, 0) is 35.0 Å². The summed E-state index contributed by atoms with van der Waals surface area (Å²) in [5.41, 5.74) is 3.67. The molecule has 10 nitrogen and oxygen atoms in total. The molecule has 1 atom stereocenters. The number of amides is 2. The lowest BCUT2D eigenvalue weighted by Gasteiger charge is -2.14. The van der Waals surface area contributed by atoms with Gasteiger partial charge < -0.3 is 18.9 Å². The number of nitrogens with one attached hydrogen (secondary N) is 2. The molecule has 2 aromatic carbocycles. The van der Waals surface area contributed by atoms with E-state index >= 15 is 0 Å². The van der Waals surface area contributed by atoms with Gasteiger partial charge in [0.15, 0.2) is 0 Å². The third kappa shape index (κ3) is 11.0. The predicted octanol–water partition coefficient (Wildman–Crippen LogP) is 5.00. The summed E-state index contributed by atoms with van der Waals surface area (Å²) in [6, 6.07) is 14.5. The molecule has 0 heterocycles. The molecule has 0 spiro atoms. The van der Waals surface area contributed by atoms with Gasteiger partial charge in [-0.15, -0.1) is 0 Å². The van der Waals surface area contributed by atoms with Gasteiger partial charge in [-0.3, -0.25) is 10.6 Å². The maximum absolute atomic E-state index is 12.1. The zero-order chi connectivity index (χ0) is 28.1. The van der Waals surface area contributed by atoms with Crippen LogP contribution in [0.3, 0.4) is 0 Å². The largest absolute Gasteiger partial charge is 0.459 e. The van der Waals surface area contributed by atoms with Gasteiger partial charge in [0.1, 0.15) is 25.9 Å². The molecule has 0 aliphatic carbocycles. The fraction of sp³-hybridized carbons (Fsp3) is 0.286. The molecule has 2 rings (SSSR count). The third-order valence-electron chi connectivity index (χ3n) is 4.81. The lowest BCUT2D eigenvalue weighted by atomic mass is 10.0. The Kier molecular flexibility index (Phi) is 11.6. The van der Waals surface area contributed by atoms with Gasteiger partial charge in [-0.1, -0.05) is 37.4 Å². The van der Waals surface area contributed by atoms with Crippen LogP contribution in [0.1, 0.15) is 31.9 Å². The maximum Gasteiger partial charge on any atom is 0.412 e. The average molecular weight is 525 g/mol. The molecule has 2 aromatic rings. The van der Waals surface area contributed by atoms with Crippen molar-refractivity contribution in [3.8, 4) is 0 Å². The number of benzene rings is 2. The van der Waals surface area contributed by atoms with Crippen LogP contribution >= 0.6 is 0 Å². The molecule has 0 aliphatic rings. The van der Waals surface area contributed by atoms with Crippen LogP contribution in [0.15, 0.2) is 72.8 Å². The summed E-state index contributed by atoms with van der Waals surface area (Å²) in [5.74, 6) is -1.08. The standard InChI is InChI=1S/C28H32N2O8/c1-18(2)25(31)35-14-15-36-27(33)29-23-10-6-21(7-11-23)16-22-8-12-24(13-9-22)30-28(34)38-20(5)17-37-26(32)19(3)4/h6-13,20H,1,3,14-17H2,2,4-5H3,(H,29,33)(H,30,34). The number of carbonyl (C=O) groups excluding carboxylic acids is 4. The molecule has 0 saturated heterocycles. The van der Waals surface area contributed by atoms with Crippen molar-refractivity contribution in [2.24, 2.45) is 0 Å². The van der Waals surface area contributed by atoms with E-state index in [-0.39, 0.29) is 31.0 Å². The number of hydrogen-bond acceptors (Lipinski definition) is 8. The zero-order valence-corrected chi connectivity index (χ0v) is 21.7. The lowest BCUT2D eigenvalue weighted by Crippen LogP contribution is -2.25. The summed E-state index contributed by atoms with van der Waals surface area (Å²) in [5, 5.41) is 5.23. The van der Waals surface area contributed by atoms with Crippen LogP contribution in [0.4, 0.5) is 21.0 Å². The fourth-order valence-electron chi connectivity index (χ4n) is 2.87. The van der Waals surface area contributed by atoms with Gasteiger partial charge in [0.25, 0.3) is 0 Å². The van der Waals surface area contributed by atoms with E-state index in [0.29, 0.717) is 17.8 Å². The second kappa shape index (κ2) is 14.8. The second-order valence-corrected chi connectivity index (χ2v) is 8.47. The van der Waals surface area contributed by atoms with Gasteiger partial charge in [0, 0.05) is 22.5 Å². The number of ether oxygens (including phenoxy) is 4. The number of hydrogen-bond donors (Lipinski definition) is 2. The number of esters is 2. The van der Waals surface area contributed by atoms with Gasteiger partial charge in [-0.25, -0.2) is 19.2 Å². The Morgan fingerprint density at radius 2 is 1.16 bits per heavy atom. The molecule has 1 unspecified atom stereocenters. The van der Waals surface area contributed by atoms with Crippen LogP contribution in [-0.4, -0.2) is 50.0 Å². The van der Waals surface area contributed by atoms with Crippen molar-refractivity contribution in [2.45, 2.75) is 33.3 Å². The van der Waals surface area contributed by atoms with E-state index in [1.165, 1.54) is 13.8 Å². The van der Waals surface area contributed by atoms with Gasteiger partial charge >= 0.3 is 24.1 Å². The van der Waals surface area contributed by atoms with Crippen LogP contribution in [0.5, 0.6) is 0 Å². The van der Waals surface area contributed by atoms with Crippen molar-refractivity contribution >= 4 is 35.5 Å². The molecule has 0 fully saturated rings. The molecule has 202 valence electrons. The van der Waals surface area contributed by atoms with E-state index < -0.39 is 30.2 Å². The molecule has 0 saturated carbocycles. The fourth-order valence-corrected chi connectivity index (χ4v) is 2.87. The summed E-state index contributed by atoms with van der Waals surface area (Å²) in [7, 11) is 0. The minimum absolute atomic E-state index is 0.0559. The molecular formula is C28H32N2O8. The number of carbonyl (C=O) groups is 4. The zero-order valence-electron chi connectivity index (χ0n) is 21.7. The highest BCUT2D eigenvalue weighted by Gasteiger charge is 2.13. The van der Waals surface area contributed by atoms with E-state index in [4.69, 9.17) is 18.9 Å². The first-order valence-corrected chi connectivity index (χ1v) is 11.8. The Morgan fingerprint density at radius 1 is 0.711 bits per heavy atom. The molecule has 0 radical (unpaired) electrons. The SMILES string of the molecule is C=C(C)C(=O)OCCOC(=O)Nc1ccc(Cc2ccc(NC(=O)OC(C)COC(=O)C(=C)C)cc2)cc1. The Labute approximate surface area is 221 Å². The van der Waals surface area contributed by atoms with Crippen molar-refractivity contribution in [3.63, 3.8) is 0 Å². The topological polar surface area (TPSA) is 129 Å². The maximum atomic E-state index is 12.1. The Balaban J connectivity index is 1.75. The molecule has 0 aromatic heterocycles. The Morgan fingerprint density at radius 3 is 1.66 bits per heavy atom. The van der Waals surface area contributed by atoms with Crippen molar-refractivity contribution in [1.29, 1.82) is 0 Å². The normalized spacial score (nSPS) is 10.9. The smallest absolute Gasteiger partial charge is 0.412 e. The first-order valence-electron chi connectivity index (χ1n) is 11.8. The van der Waals surface area contributed by atoms with E-state index in [0.717, 1.165) is 11.1 Å². The first-order chi connectivity index (χ1) is 18.0. The highest BCUT2D eigenvalue weighted by Crippen LogP contribution is 2.16. The van der Waals surface area contributed by atoms with Gasteiger partial charge in [-0.05, 0) is 62.6 Å². The summed E-state index contributed by atoms with van der Waals surface area (Å²) >= 11 is 0. The van der Waals surface area contributed by atoms with Crippen LogP contribution in [0.25, 0.3) is 0 Å². The van der Waals surface area contributed by atoms with Gasteiger partial charge in [0.05, 0.1) is 0 Å². The molecule has 2 N–H and O–H groups in total. The molecular weight excluding hydrogens is 492 g/mol. The predicted molar refractivity (Wildman–Crippen MR) is 142 cm³/mol. The van der Waals surface area contributed by atoms with E-state index in [9.17, 15) is 19.2 Å². The first kappa shape index (κ1) is 29.6. The summed E-state index contributed by atoms with van der Waals surface area (Å²) in [4.78, 5) is 46.6. The van der Waals surface area contributed by atoms with Crippen LogP contribution < -0.4 is 10.6 Å². The number of rotatable bonds is 12. The highest BCUT2D eigenvalue weighted by molar-refractivity contribution is 5.87. The van der Waals surface area contributed by atoms with E-state index in [1.54, 1.807) is 31.2 Å². The second-order valence-electron chi connectivity index (χ2n) is 8.47. The van der Waals surface area contributed by atoms with Crippen LogP contribution in [0.2, 0.25) is 0 Å². The molecule has 38 heavy (non-hydrogen) atoms. The molecule has 2 amide bonds. The summed E-state index contributed by atoms with van der Waals surface area (Å²) < 4.78 is 20.0. The quantitative estimate of drug-likeness (QED) is 0.172. The minimum Gasteiger partial charge on any atom is -0.459 e. The van der Waals surface area contributed by atoms with Crippen molar-refractivity contribution in [3.05, 3.63) is 84.0 Å². The lowest BCUT2D eigenvalue weighted by molar-refractivity contribution is -0.141. The Bertz CT molecular complexity index is 1160. The molecule has 0 aliphatic heterocycles. The molecule has 0 bridgehead atoms. The summed E-state index contributed by atoms with van der Waals surface area (Å²) in [6.45, 7) is 11.4. The van der Waals surface area contributed by atoms with Gasteiger partial charge in [0.2, 0.25) is 0 Å². The van der Waals surface area contributed by atoms with Crippen molar-refractivity contribution in [2.75, 3.05) is 30.5 Å². The summed E-state index contributed by atoms with van der Waals surface area (Å²) in [6.07, 6.45) is -1.31. The highest BCUT2D eigenvalue weighted by atomic mass is 16.6. The van der Waals surface area contributed by atoms with E-state index in [2.05, 4.69) is 23.8 Å². The Hall–Kier alpha value is -4.60. The van der Waals surface area contributed by atoms with Gasteiger partial charge in [-0.2, -0.15) is 0 Å².